The summed E-state index contributed by atoms with van der Waals surface area (Å²) in [6, 6.07) is 69.3. The van der Waals surface area contributed by atoms with E-state index in [9.17, 15) is 0 Å². The maximum atomic E-state index is 6.53. The van der Waals surface area contributed by atoms with Crippen LogP contribution in [0.1, 0.15) is 0 Å². The Morgan fingerprint density at radius 2 is 0.812 bits per heavy atom. The van der Waals surface area contributed by atoms with Crippen LogP contribution in [0.5, 0.6) is 23.0 Å². The topological polar surface area (TPSA) is 78.2 Å². The first kappa shape index (κ1) is 38.1. The van der Waals surface area contributed by atoms with E-state index in [0.717, 1.165) is 72.5 Å². The minimum Gasteiger partial charge on any atom is -0.457 e. The van der Waals surface area contributed by atoms with Crippen LogP contribution in [0, 0.1) is 0 Å². The minimum absolute atomic E-state index is 0.517. The van der Waals surface area contributed by atoms with Crippen LogP contribution in [-0.4, -0.2) is 24.5 Å². The second-order valence-corrected chi connectivity index (χ2v) is 15.2. The fourth-order valence-corrected chi connectivity index (χ4v) is 8.09. The highest BCUT2D eigenvalue weighted by atomic mass is 16.5. The fourth-order valence-electron chi connectivity index (χ4n) is 8.09. The van der Waals surface area contributed by atoms with Gasteiger partial charge >= 0.3 is 0 Å². The van der Waals surface area contributed by atoms with Crippen molar-refractivity contribution in [3.63, 3.8) is 0 Å². The van der Waals surface area contributed by atoms with Crippen LogP contribution in [-0.2, 0) is 0 Å². The zero-order valence-corrected chi connectivity index (χ0v) is 34.4. The van der Waals surface area contributed by atoms with Crippen LogP contribution < -0.4 is 14.4 Å². The zero-order valence-electron chi connectivity index (χ0n) is 34.4. The highest BCUT2D eigenvalue weighted by Crippen LogP contribution is 2.39. The lowest BCUT2D eigenvalue weighted by Crippen LogP contribution is -2.09. The molecule has 0 saturated heterocycles. The molecule has 0 unspecified atom stereocenters. The number of fused-ring (bicyclic) bond motifs is 3. The first-order valence-corrected chi connectivity index (χ1v) is 21.0. The lowest BCUT2D eigenvalue weighted by Gasteiger charge is -2.25. The maximum Gasteiger partial charge on any atom is 0.234 e. The number of rotatable bonds is 11. The van der Waals surface area contributed by atoms with E-state index in [1.807, 2.05) is 134 Å². The summed E-state index contributed by atoms with van der Waals surface area (Å²) in [5, 5.41) is 2.05. The van der Waals surface area contributed by atoms with E-state index in [1.54, 1.807) is 12.4 Å². The molecule has 0 aliphatic rings. The van der Waals surface area contributed by atoms with Crippen LogP contribution >= 0.6 is 0 Å². The summed E-state index contributed by atoms with van der Waals surface area (Å²) >= 11 is 0. The molecule has 0 fully saturated rings. The predicted molar refractivity (Wildman–Crippen MR) is 256 cm³/mol. The van der Waals surface area contributed by atoms with Gasteiger partial charge in [0.05, 0.1) is 22.4 Å². The molecule has 7 aromatic carbocycles. The van der Waals surface area contributed by atoms with E-state index in [4.69, 9.17) is 19.4 Å². The second-order valence-electron chi connectivity index (χ2n) is 15.2. The highest BCUT2D eigenvalue weighted by Gasteiger charge is 2.18. The number of benzene rings is 7. The van der Waals surface area contributed by atoms with Crippen LogP contribution in [0.4, 0.5) is 17.1 Å². The fraction of sp³-hybridized carbons (Fsp3) is 0. The predicted octanol–water partition coefficient (Wildman–Crippen LogP) is 14.4. The Bertz CT molecular complexity index is 3180. The molecule has 64 heavy (non-hydrogen) atoms. The van der Waals surface area contributed by atoms with Gasteiger partial charge in [0, 0.05) is 81.4 Å². The van der Waals surface area contributed by atoms with Crippen molar-refractivity contribution >= 4 is 38.9 Å². The molecule has 4 aromatic heterocycles. The number of ether oxygens (including phenoxy) is 2. The molecule has 11 rings (SSSR count). The lowest BCUT2D eigenvalue weighted by atomic mass is 10.1. The van der Waals surface area contributed by atoms with Gasteiger partial charge in [-0.15, -0.1) is 0 Å². The zero-order chi connectivity index (χ0) is 42.7. The number of pyridine rings is 2. The van der Waals surface area contributed by atoms with Gasteiger partial charge in [-0.25, -0.2) is 9.97 Å². The third kappa shape index (κ3) is 7.67. The van der Waals surface area contributed by atoms with E-state index in [-0.39, 0.29) is 0 Å². The van der Waals surface area contributed by atoms with Crippen molar-refractivity contribution in [1.82, 2.24) is 24.5 Å². The molecule has 0 atom stereocenters. The Kier molecular flexibility index (Phi) is 10.0. The van der Waals surface area contributed by atoms with E-state index in [1.165, 1.54) is 0 Å². The lowest BCUT2D eigenvalue weighted by molar-refractivity contribution is 0.483. The second kappa shape index (κ2) is 16.9. The maximum absolute atomic E-state index is 6.53. The van der Waals surface area contributed by atoms with E-state index in [2.05, 4.69) is 104 Å². The van der Waals surface area contributed by atoms with Crippen molar-refractivity contribution in [1.29, 1.82) is 0 Å². The summed E-state index contributed by atoms with van der Waals surface area (Å²) in [6.07, 6.45) is 7.35. The molecule has 8 nitrogen and oxygen atoms in total. The summed E-state index contributed by atoms with van der Waals surface area (Å²) in [7, 11) is 0. The molecule has 0 saturated carbocycles. The molecule has 0 aliphatic heterocycles. The van der Waals surface area contributed by atoms with Gasteiger partial charge in [-0.3, -0.25) is 14.5 Å². The molecule has 0 aliphatic carbocycles. The van der Waals surface area contributed by atoms with Gasteiger partial charge in [0.25, 0.3) is 0 Å². The van der Waals surface area contributed by atoms with Gasteiger partial charge in [0.2, 0.25) is 5.95 Å². The molecule has 0 radical (unpaired) electrons. The van der Waals surface area contributed by atoms with Crippen LogP contribution in [0.3, 0.4) is 0 Å². The summed E-state index contributed by atoms with van der Waals surface area (Å²) in [6.45, 7) is 0. The van der Waals surface area contributed by atoms with Crippen LogP contribution in [0.25, 0.3) is 61.4 Å². The third-order valence-electron chi connectivity index (χ3n) is 11.1. The van der Waals surface area contributed by atoms with Crippen molar-refractivity contribution < 1.29 is 9.47 Å². The first-order chi connectivity index (χ1) is 31.7. The molecule has 0 bridgehead atoms. The van der Waals surface area contributed by atoms with E-state index < -0.39 is 0 Å². The highest BCUT2D eigenvalue weighted by molar-refractivity contribution is 6.09. The molecule has 11 aromatic rings. The normalized spacial score (nSPS) is 11.1. The van der Waals surface area contributed by atoms with Gasteiger partial charge in [0.15, 0.2) is 0 Å². The molecule has 304 valence electrons. The average molecular weight is 827 g/mol. The summed E-state index contributed by atoms with van der Waals surface area (Å²) in [5.41, 5.74) is 10.6. The van der Waals surface area contributed by atoms with Crippen molar-refractivity contribution in [3.8, 4) is 62.6 Å². The van der Waals surface area contributed by atoms with Crippen molar-refractivity contribution in [3.05, 3.63) is 231 Å². The molecule has 0 N–H and O–H groups in total. The third-order valence-corrected chi connectivity index (χ3v) is 11.1. The number of para-hydroxylation sites is 2. The molecule has 4 heterocycles. The number of aromatic nitrogens is 5. The van der Waals surface area contributed by atoms with Crippen molar-refractivity contribution in [2.45, 2.75) is 0 Å². The molecule has 0 spiro atoms. The van der Waals surface area contributed by atoms with Gasteiger partial charge in [0.1, 0.15) is 23.0 Å². The van der Waals surface area contributed by atoms with Crippen molar-refractivity contribution in [2.24, 2.45) is 0 Å². The van der Waals surface area contributed by atoms with Gasteiger partial charge in [-0.2, -0.15) is 0 Å². The largest absolute Gasteiger partial charge is 0.457 e. The standard InChI is InChI=1S/C56H38N6O2/c1-3-15-43(16-4-1)61(44-17-5-2-6-18-44)45-25-23-39(24-26-45)42-37-59-56(60-38-42)62-54-35-48(63-46-19-11-13-40(33-46)52-21-7-9-31-57-52)27-29-50(54)51-30-28-49(36-55(51)62)64-47-20-12-14-41(34-47)53-22-8-10-32-58-53/h1-38H. The molecular weight excluding hydrogens is 789 g/mol. The summed E-state index contributed by atoms with van der Waals surface area (Å²) in [4.78, 5) is 21.3. The average Bonchev–Trinajstić information content (AvgIpc) is 3.68. The molecule has 0 amide bonds. The Morgan fingerprint density at radius 1 is 0.344 bits per heavy atom. The molecular formula is C56H38N6O2. The Hall–Kier alpha value is -8.88. The van der Waals surface area contributed by atoms with Gasteiger partial charge < -0.3 is 14.4 Å². The minimum atomic E-state index is 0.517. The van der Waals surface area contributed by atoms with E-state index in [0.29, 0.717) is 28.9 Å². The number of nitrogens with zero attached hydrogens (tertiary/aromatic N) is 6. The molecule has 8 heteroatoms. The van der Waals surface area contributed by atoms with Crippen LogP contribution in [0.15, 0.2) is 231 Å². The Labute approximate surface area is 370 Å². The Balaban J connectivity index is 0.962. The number of hydrogen-bond donors (Lipinski definition) is 0. The summed E-state index contributed by atoms with van der Waals surface area (Å²) < 4.78 is 15.1. The van der Waals surface area contributed by atoms with E-state index >= 15 is 0 Å². The smallest absolute Gasteiger partial charge is 0.234 e. The van der Waals surface area contributed by atoms with Crippen molar-refractivity contribution in [2.75, 3.05) is 4.90 Å². The quantitative estimate of drug-likeness (QED) is 0.128. The SMILES string of the molecule is c1ccc(N(c2ccccc2)c2ccc(-c3cnc(-n4c5cc(Oc6cccc(-c7ccccn7)c6)ccc5c5ccc(Oc6cccc(-c7ccccn7)c6)cc54)nc3)cc2)cc1. The van der Waals surface area contributed by atoms with Gasteiger partial charge in [-0.05, 0) is 115 Å². The number of anilines is 3. The monoisotopic (exact) mass is 826 g/mol. The Morgan fingerprint density at radius 3 is 1.30 bits per heavy atom. The summed E-state index contributed by atoms with van der Waals surface area (Å²) in [5.74, 6) is 3.28. The van der Waals surface area contributed by atoms with Gasteiger partial charge in [-0.1, -0.05) is 84.9 Å². The van der Waals surface area contributed by atoms with Crippen LogP contribution in [0.2, 0.25) is 0 Å². The number of hydrogen-bond acceptors (Lipinski definition) is 7. The first-order valence-electron chi connectivity index (χ1n) is 21.0.